The molecule has 21 heavy (non-hydrogen) atoms. The summed E-state index contributed by atoms with van der Waals surface area (Å²) in [6, 6.07) is 3.83. The molecule has 0 amide bonds. The largest absolute Gasteiger partial charge is 0.489 e. The second kappa shape index (κ2) is 4.63. The maximum absolute atomic E-state index is 5.98. The third kappa shape index (κ3) is 2.01. The topological polar surface area (TPSA) is 86.1 Å². The molecule has 0 spiro atoms. The molecule has 0 radical (unpaired) electrons. The molecule has 0 aliphatic carbocycles. The van der Waals surface area contributed by atoms with Crippen LogP contribution in [0.5, 0.6) is 11.5 Å². The Morgan fingerprint density at radius 3 is 2.71 bits per heavy atom. The molecule has 3 N–H and O–H groups in total. The summed E-state index contributed by atoms with van der Waals surface area (Å²) in [5.74, 6) is 2.23. The molecule has 0 atom stereocenters. The molecule has 108 valence electrons. The van der Waals surface area contributed by atoms with Crippen molar-refractivity contribution in [3.63, 3.8) is 0 Å². The van der Waals surface area contributed by atoms with Gasteiger partial charge in [0.2, 0.25) is 0 Å². The van der Waals surface area contributed by atoms with Crippen molar-refractivity contribution >= 4 is 27.6 Å². The van der Waals surface area contributed by atoms with Gasteiger partial charge in [-0.15, -0.1) is 0 Å². The highest BCUT2D eigenvalue weighted by Gasteiger charge is 2.17. The first-order valence-corrected chi connectivity index (χ1v) is 7.51. The van der Waals surface area contributed by atoms with Gasteiger partial charge in [0.1, 0.15) is 10.8 Å². The van der Waals surface area contributed by atoms with Crippen LogP contribution in [0.4, 0.5) is 5.00 Å². The summed E-state index contributed by atoms with van der Waals surface area (Å²) in [5, 5.41) is 0.667. The Kier molecular flexibility index (Phi) is 2.75. The number of aromatic amines is 1. The van der Waals surface area contributed by atoms with Crippen molar-refractivity contribution in [2.24, 2.45) is 0 Å². The van der Waals surface area contributed by atoms with Crippen LogP contribution in [0.2, 0.25) is 0 Å². The Hall–Kier alpha value is -2.28. The molecule has 0 saturated heterocycles. The third-order valence-corrected chi connectivity index (χ3v) is 4.24. The van der Waals surface area contributed by atoms with Crippen molar-refractivity contribution in [1.29, 1.82) is 0 Å². The van der Waals surface area contributed by atoms with Crippen LogP contribution in [0.1, 0.15) is 12.1 Å². The minimum atomic E-state index is 0.663. The van der Waals surface area contributed by atoms with E-state index in [0.29, 0.717) is 18.2 Å². The number of benzene rings is 1. The molecule has 0 fully saturated rings. The number of hydrogen-bond donors (Lipinski definition) is 2. The standard InChI is InChI=1S/C14H14N4O2S/c1-7-12(13(15)21-18-7)14-16-8-5-10-11(6-9(8)17-14)20-4-2-3-19-10/h5-6H,2-4,15H2,1H3,(H,16,17). The molecule has 1 aliphatic rings. The number of nitrogens with zero attached hydrogens (tertiary/aromatic N) is 2. The minimum absolute atomic E-state index is 0.663. The van der Waals surface area contributed by atoms with Crippen LogP contribution >= 0.6 is 11.5 Å². The van der Waals surface area contributed by atoms with Crippen LogP contribution in [-0.4, -0.2) is 27.6 Å². The van der Waals surface area contributed by atoms with Crippen LogP contribution < -0.4 is 15.2 Å². The molecule has 0 saturated carbocycles. The Balaban J connectivity index is 1.87. The number of nitrogens with two attached hydrogens (primary N) is 1. The highest BCUT2D eigenvalue weighted by molar-refractivity contribution is 7.10. The molecule has 2 aromatic heterocycles. The number of H-pyrrole nitrogens is 1. The molecule has 1 aliphatic heterocycles. The monoisotopic (exact) mass is 302 g/mol. The predicted octanol–water partition coefficient (Wildman–Crippen LogP) is 2.74. The fourth-order valence-corrected chi connectivity index (χ4v) is 3.12. The maximum atomic E-state index is 5.98. The summed E-state index contributed by atoms with van der Waals surface area (Å²) in [6.45, 7) is 3.26. The van der Waals surface area contributed by atoms with Gasteiger partial charge in [0.05, 0.1) is 35.5 Å². The van der Waals surface area contributed by atoms with Gasteiger partial charge in [-0.1, -0.05) is 0 Å². The van der Waals surface area contributed by atoms with E-state index in [2.05, 4.69) is 14.3 Å². The van der Waals surface area contributed by atoms with Gasteiger partial charge in [-0.25, -0.2) is 4.98 Å². The number of imidazole rings is 1. The molecule has 0 unspecified atom stereocenters. The second-order valence-corrected chi connectivity index (χ2v) is 5.76. The normalized spacial score (nSPS) is 14.3. The average Bonchev–Trinajstić information content (AvgIpc) is 2.91. The number of ether oxygens (including phenoxy) is 2. The fraction of sp³-hybridized carbons (Fsp3) is 0.286. The number of nitrogen functional groups attached to an aromatic ring is 1. The Morgan fingerprint density at radius 1 is 1.24 bits per heavy atom. The van der Waals surface area contributed by atoms with Gasteiger partial charge in [0, 0.05) is 18.6 Å². The predicted molar refractivity (Wildman–Crippen MR) is 82.0 cm³/mol. The summed E-state index contributed by atoms with van der Waals surface area (Å²) < 4.78 is 15.6. The van der Waals surface area contributed by atoms with Gasteiger partial charge >= 0.3 is 0 Å². The second-order valence-electron chi connectivity index (χ2n) is 4.96. The van der Waals surface area contributed by atoms with Crippen LogP contribution in [-0.2, 0) is 0 Å². The summed E-state index contributed by atoms with van der Waals surface area (Å²) in [4.78, 5) is 7.90. The molecule has 3 aromatic rings. The minimum Gasteiger partial charge on any atom is -0.489 e. The van der Waals surface area contributed by atoms with Crippen molar-refractivity contribution in [3.05, 3.63) is 17.8 Å². The van der Waals surface area contributed by atoms with E-state index in [1.54, 1.807) is 0 Å². The van der Waals surface area contributed by atoms with Gasteiger partial charge in [-0.05, 0) is 18.5 Å². The van der Waals surface area contributed by atoms with Crippen molar-refractivity contribution in [2.45, 2.75) is 13.3 Å². The SMILES string of the molecule is Cc1nsc(N)c1-c1nc2cc3c(cc2[nH]1)OCCCO3. The first-order chi connectivity index (χ1) is 10.2. The van der Waals surface area contributed by atoms with E-state index in [-0.39, 0.29) is 0 Å². The van der Waals surface area contributed by atoms with E-state index >= 15 is 0 Å². The van der Waals surface area contributed by atoms with Gasteiger partial charge in [0.15, 0.2) is 11.5 Å². The Labute approximate surface area is 125 Å². The summed E-state index contributed by atoms with van der Waals surface area (Å²) >= 11 is 1.28. The zero-order chi connectivity index (χ0) is 14.4. The number of nitrogens with one attached hydrogen (secondary N) is 1. The molecule has 1 aromatic carbocycles. The zero-order valence-electron chi connectivity index (χ0n) is 11.5. The summed E-state index contributed by atoms with van der Waals surface area (Å²) in [6.07, 6.45) is 0.887. The Bertz CT molecular complexity index is 761. The number of hydrogen-bond acceptors (Lipinski definition) is 6. The molecule has 3 heterocycles. The first kappa shape index (κ1) is 12.5. The fourth-order valence-electron chi connectivity index (χ4n) is 2.46. The van der Waals surface area contributed by atoms with E-state index in [9.17, 15) is 0 Å². The lowest BCUT2D eigenvalue weighted by atomic mass is 10.2. The van der Waals surface area contributed by atoms with Crippen LogP contribution in [0.3, 0.4) is 0 Å². The number of rotatable bonds is 1. The Morgan fingerprint density at radius 2 is 2.00 bits per heavy atom. The van der Waals surface area contributed by atoms with Crippen LogP contribution in [0, 0.1) is 6.92 Å². The van der Waals surface area contributed by atoms with E-state index in [1.165, 1.54) is 11.5 Å². The van der Waals surface area contributed by atoms with E-state index in [4.69, 9.17) is 15.2 Å². The molecule has 7 heteroatoms. The quantitative estimate of drug-likeness (QED) is 0.722. The van der Waals surface area contributed by atoms with E-state index in [1.807, 2.05) is 19.1 Å². The van der Waals surface area contributed by atoms with Gasteiger partial charge in [-0.3, -0.25) is 0 Å². The average molecular weight is 302 g/mol. The number of aromatic nitrogens is 3. The summed E-state index contributed by atoms with van der Waals surface area (Å²) in [5.41, 5.74) is 9.47. The molecular weight excluding hydrogens is 288 g/mol. The van der Waals surface area contributed by atoms with Crippen LogP contribution in [0.25, 0.3) is 22.4 Å². The van der Waals surface area contributed by atoms with Crippen molar-refractivity contribution in [2.75, 3.05) is 18.9 Å². The van der Waals surface area contributed by atoms with Crippen molar-refractivity contribution in [3.8, 4) is 22.9 Å². The van der Waals surface area contributed by atoms with E-state index in [0.717, 1.165) is 46.0 Å². The molecule has 6 nitrogen and oxygen atoms in total. The zero-order valence-corrected chi connectivity index (χ0v) is 12.3. The summed E-state index contributed by atoms with van der Waals surface area (Å²) in [7, 11) is 0. The maximum Gasteiger partial charge on any atom is 0.163 e. The molecule has 0 bridgehead atoms. The lowest BCUT2D eigenvalue weighted by molar-refractivity contribution is 0.297. The van der Waals surface area contributed by atoms with E-state index < -0.39 is 0 Å². The number of anilines is 1. The van der Waals surface area contributed by atoms with Gasteiger partial charge in [0.25, 0.3) is 0 Å². The van der Waals surface area contributed by atoms with Gasteiger partial charge in [-0.2, -0.15) is 4.37 Å². The number of aryl methyl sites for hydroxylation is 1. The lowest BCUT2D eigenvalue weighted by Gasteiger charge is -2.05. The molecular formula is C14H14N4O2S. The first-order valence-electron chi connectivity index (χ1n) is 6.74. The smallest absolute Gasteiger partial charge is 0.163 e. The van der Waals surface area contributed by atoms with Gasteiger partial charge < -0.3 is 20.2 Å². The highest BCUT2D eigenvalue weighted by atomic mass is 32.1. The van der Waals surface area contributed by atoms with Crippen LogP contribution in [0.15, 0.2) is 12.1 Å². The third-order valence-electron chi connectivity index (χ3n) is 3.48. The highest BCUT2D eigenvalue weighted by Crippen LogP contribution is 2.36. The lowest BCUT2D eigenvalue weighted by Crippen LogP contribution is -1.97. The van der Waals surface area contributed by atoms with Crippen molar-refractivity contribution in [1.82, 2.24) is 14.3 Å². The number of fused-ring (bicyclic) bond motifs is 2. The van der Waals surface area contributed by atoms with Crippen molar-refractivity contribution < 1.29 is 9.47 Å². The molecule has 4 rings (SSSR count).